The number of benzene rings is 2. The Bertz CT molecular complexity index is 834. The second kappa shape index (κ2) is 6.75. The zero-order chi connectivity index (χ0) is 17.3. The van der Waals surface area contributed by atoms with Gasteiger partial charge in [0.25, 0.3) is 0 Å². The average Bonchev–Trinajstić information content (AvgIpc) is 3.06. The standard InChI is InChI=1S/C18H20ClNO3S/c1-13-5-7-14(8-6-13)17-4-3-11-20(17)24(21,22)15-9-10-18(23-2)16(19)12-15/h5-10,12,17H,3-4,11H2,1-2H3/t17-/m1/s1. The summed E-state index contributed by atoms with van der Waals surface area (Å²) in [5, 5.41) is 0.296. The molecule has 0 N–H and O–H groups in total. The van der Waals surface area contributed by atoms with Crippen LogP contribution in [-0.4, -0.2) is 26.4 Å². The molecule has 2 aromatic carbocycles. The molecule has 0 aliphatic carbocycles. The Hall–Kier alpha value is -1.56. The van der Waals surface area contributed by atoms with Crippen LogP contribution in [0.15, 0.2) is 47.4 Å². The van der Waals surface area contributed by atoms with Gasteiger partial charge < -0.3 is 4.74 Å². The fraction of sp³-hybridized carbons (Fsp3) is 0.333. The monoisotopic (exact) mass is 365 g/mol. The van der Waals surface area contributed by atoms with E-state index in [0.717, 1.165) is 24.0 Å². The van der Waals surface area contributed by atoms with Gasteiger partial charge in [0.2, 0.25) is 10.0 Å². The molecule has 0 aromatic heterocycles. The van der Waals surface area contributed by atoms with Gasteiger partial charge in [-0.3, -0.25) is 0 Å². The van der Waals surface area contributed by atoms with Crippen molar-refractivity contribution < 1.29 is 13.2 Å². The van der Waals surface area contributed by atoms with Gasteiger partial charge in [-0.15, -0.1) is 0 Å². The summed E-state index contributed by atoms with van der Waals surface area (Å²) >= 11 is 6.11. The van der Waals surface area contributed by atoms with Crippen LogP contribution < -0.4 is 4.74 Å². The van der Waals surface area contributed by atoms with E-state index in [4.69, 9.17) is 16.3 Å². The van der Waals surface area contributed by atoms with E-state index in [-0.39, 0.29) is 10.9 Å². The SMILES string of the molecule is COc1ccc(S(=O)(=O)N2CCC[C@@H]2c2ccc(C)cc2)cc1Cl. The predicted molar refractivity (Wildman–Crippen MR) is 95.0 cm³/mol. The predicted octanol–water partition coefficient (Wildman–Crippen LogP) is 4.18. The summed E-state index contributed by atoms with van der Waals surface area (Å²) in [5.74, 6) is 0.465. The molecule has 24 heavy (non-hydrogen) atoms. The molecule has 1 aliphatic rings. The highest BCUT2D eigenvalue weighted by atomic mass is 35.5. The van der Waals surface area contributed by atoms with Crippen molar-refractivity contribution in [1.29, 1.82) is 0 Å². The van der Waals surface area contributed by atoms with E-state index in [0.29, 0.717) is 17.3 Å². The molecule has 3 rings (SSSR count). The quantitative estimate of drug-likeness (QED) is 0.816. The molecule has 4 nitrogen and oxygen atoms in total. The maximum atomic E-state index is 13.1. The summed E-state index contributed by atoms with van der Waals surface area (Å²) in [6, 6.07) is 12.5. The molecular formula is C18H20ClNO3S. The second-order valence-electron chi connectivity index (χ2n) is 5.98. The Balaban J connectivity index is 1.96. The van der Waals surface area contributed by atoms with Crippen LogP contribution in [0.2, 0.25) is 5.02 Å². The number of rotatable bonds is 4. The Labute approximate surface area is 148 Å². The Morgan fingerprint density at radius 2 is 1.88 bits per heavy atom. The van der Waals surface area contributed by atoms with Gasteiger partial charge in [0.15, 0.2) is 0 Å². The molecule has 2 aromatic rings. The highest BCUT2D eigenvalue weighted by molar-refractivity contribution is 7.89. The Morgan fingerprint density at radius 1 is 1.17 bits per heavy atom. The smallest absolute Gasteiger partial charge is 0.243 e. The molecule has 1 heterocycles. The van der Waals surface area contributed by atoms with Crippen LogP contribution in [0.1, 0.15) is 30.0 Å². The zero-order valence-corrected chi connectivity index (χ0v) is 15.3. The van der Waals surface area contributed by atoms with Crippen LogP contribution in [-0.2, 0) is 10.0 Å². The lowest BCUT2D eigenvalue weighted by atomic mass is 10.0. The molecule has 0 amide bonds. The van der Waals surface area contributed by atoms with Crippen LogP contribution in [0.3, 0.4) is 0 Å². The number of hydrogen-bond acceptors (Lipinski definition) is 3. The fourth-order valence-electron chi connectivity index (χ4n) is 3.09. The molecule has 0 unspecified atom stereocenters. The number of sulfonamides is 1. The van der Waals surface area contributed by atoms with Gasteiger partial charge in [-0.25, -0.2) is 8.42 Å². The van der Waals surface area contributed by atoms with Gasteiger partial charge in [0.1, 0.15) is 5.75 Å². The van der Waals surface area contributed by atoms with Crippen LogP contribution in [0.25, 0.3) is 0 Å². The molecule has 1 atom stereocenters. The van der Waals surface area contributed by atoms with Gasteiger partial charge in [0.05, 0.1) is 23.1 Å². The van der Waals surface area contributed by atoms with Crippen molar-refractivity contribution in [2.75, 3.05) is 13.7 Å². The first-order valence-corrected chi connectivity index (χ1v) is 9.67. The summed E-state index contributed by atoms with van der Waals surface area (Å²) in [4.78, 5) is 0.201. The molecule has 128 valence electrons. The number of ether oxygens (including phenoxy) is 1. The molecule has 1 fully saturated rings. The summed E-state index contributed by atoms with van der Waals surface area (Å²) in [6.45, 7) is 2.54. The number of hydrogen-bond donors (Lipinski definition) is 0. The minimum Gasteiger partial charge on any atom is -0.495 e. The minimum absolute atomic E-state index is 0.128. The highest BCUT2D eigenvalue weighted by Crippen LogP contribution is 2.38. The van der Waals surface area contributed by atoms with Gasteiger partial charge >= 0.3 is 0 Å². The van der Waals surface area contributed by atoms with Crippen LogP contribution in [0, 0.1) is 6.92 Å². The maximum absolute atomic E-state index is 13.1. The molecular weight excluding hydrogens is 346 g/mol. The second-order valence-corrected chi connectivity index (χ2v) is 8.28. The van der Waals surface area contributed by atoms with Crippen LogP contribution in [0.5, 0.6) is 5.75 Å². The van der Waals surface area contributed by atoms with E-state index < -0.39 is 10.0 Å². The number of aryl methyl sites for hydroxylation is 1. The van der Waals surface area contributed by atoms with Crippen molar-refractivity contribution >= 4 is 21.6 Å². The molecule has 0 radical (unpaired) electrons. The first-order chi connectivity index (χ1) is 11.4. The topological polar surface area (TPSA) is 46.6 Å². The lowest BCUT2D eigenvalue weighted by Crippen LogP contribution is -2.30. The summed E-state index contributed by atoms with van der Waals surface area (Å²) < 4.78 is 32.8. The molecule has 6 heteroatoms. The van der Waals surface area contributed by atoms with E-state index in [1.807, 2.05) is 31.2 Å². The number of halogens is 1. The van der Waals surface area contributed by atoms with E-state index in [9.17, 15) is 8.42 Å². The van der Waals surface area contributed by atoms with E-state index in [1.165, 1.54) is 13.2 Å². The number of methoxy groups -OCH3 is 1. The zero-order valence-electron chi connectivity index (χ0n) is 13.7. The highest BCUT2D eigenvalue weighted by Gasteiger charge is 2.36. The van der Waals surface area contributed by atoms with Crippen molar-refractivity contribution in [3.63, 3.8) is 0 Å². The Kier molecular flexibility index (Phi) is 4.85. The Morgan fingerprint density at radius 3 is 2.50 bits per heavy atom. The maximum Gasteiger partial charge on any atom is 0.243 e. The van der Waals surface area contributed by atoms with Gasteiger partial charge in [-0.1, -0.05) is 41.4 Å². The average molecular weight is 366 g/mol. The first kappa shape index (κ1) is 17.3. The van der Waals surface area contributed by atoms with E-state index in [2.05, 4.69) is 0 Å². The van der Waals surface area contributed by atoms with Crippen LogP contribution >= 0.6 is 11.6 Å². The van der Waals surface area contributed by atoms with Crippen LogP contribution in [0.4, 0.5) is 0 Å². The third-order valence-corrected chi connectivity index (χ3v) is 6.60. The molecule has 0 saturated carbocycles. The van der Waals surface area contributed by atoms with Crippen molar-refractivity contribution in [3.8, 4) is 5.75 Å². The normalized spacial score (nSPS) is 18.7. The third kappa shape index (κ3) is 3.16. The van der Waals surface area contributed by atoms with E-state index >= 15 is 0 Å². The molecule has 1 aliphatic heterocycles. The molecule has 0 spiro atoms. The first-order valence-electron chi connectivity index (χ1n) is 7.85. The van der Waals surface area contributed by atoms with Gasteiger partial charge in [0, 0.05) is 6.54 Å². The largest absolute Gasteiger partial charge is 0.495 e. The van der Waals surface area contributed by atoms with Crippen molar-refractivity contribution in [2.24, 2.45) is 0 Å². The third-order valence-electron chi connectivity index (χ3n) is 4.40. The molecule has 0 bridgehead atoms. The summed E-state index contributed by atoms with van der Waals surface area (Å²) in [7, 11) is -2.10. The fourth-order valence-corrected chi connectivity index (χ4v) is 5.12. The van der Waals surface area contributed by atoms with Crippen molar-refractivity contribution in [2.45, 2.75) is 30.7 Å². The summed E-state index contributed by atoms with van der Waals surface area (Å²) in [5.41, 5.74) is 2.19. The van der Waals surface area contributed by atoms with E-state index in [1.54, 1.807) is 16.4 Å². The summed E-state index contributed by atoms with van der Waals surface area (Å²) in [6.07, 6.45) is 1.67. The lowest BCUT2D eigenvalue weighted by molar-refractivity contribution is 0.396. The minimum atomic E-state index is -3.60. The lowest BCUT2D eigenvalue weighted by Gasteiger charge is -2.24. The van der Waals surface area contributed by atoms with Crippen molar-refractivity contribution in [3.05, 3.63) is 58.6 Å². The molecule has 1 saturated heterocycles. The van der Waals surface area contributed by atoms with Gasteiger partial charge in [-0.2, -0.15) is 4.31 Å². The van der Waals surface area contributed by atoms with Gasteiger partial charge in [-0.05, 0) is 43.5 Å². The number of nitrogens with zero attached hydrogens (tertiary/aromatic N) is 1. The van der Waals surface area contributed by atoms with Crippen molar-refractivity contribution in [1.82, 2.24) is 4.31 Å².